The fraction of sp³-hybridized carbons (Fsp3) is 0.267. The number of aromatic amines is 1. The second-order valence-corrected chi connectivity index (χ2v) is 7.22. The van der Waals surface area contributed by atoms with Crippen molar-refractivity contribution in [2.24, 2.45) is 0 Å². The molecule has 104 valence electrons. The fourth-order valence-electron chi connectivity index (χ4n) is 2.51. The molecule has 1 aromatic carbocycles. The van der Waals surface area contributed by atoms with E-state index in [1.807, 2.05) is 29.5 Å². The molecule has 3 rings (SSSR count). The predicted octanol–water partition coefficient (Wildman–Crippen LogP) is 5.53. The van der Waals surface area contributed by atoms with Crippen LogP contribution in [-0.2, 0) is 6.42 Å². The number of benzene rings is 1. The number of H-pyrrole nitrogens is 1. The van der Waals surface area contributed by atoms with E-state index in [2.05, 4.69) is 35.5 Å². The van der Waals surface area contributed by atoms with Crippen molar-refractivity contribution >= 4 is 46.2 Å². The van der Waals surface area contributed by atoms with Crippen LogP contribution in [0.2, 0.25) is 5.02 Å². The summed E-state index contributed by atoms with van der Waals surface area (Å²) in [5.74, 6) is 0. The molecule has 0 saturated carbocycles. The molecule has 0 saturated heterocycles. The summed E-state index contributed by atoms with van der Waals surface area (Å²) in [5, 5.41) is 0.736. The Balaban J connectivity index is 2.02. The third kappa shape index (κ3) is 2.55. The molecule has 2 aromatic heterocycles. The van der Waals surface area contributed by atoms with Gasteiger partial charge < -0.3 is 9.55 Å². The van der Waals surface area contributed by atoms with Gasteiger partial charge in [0.25, 0.3) is 0 Å². The Hall–Kier alpha value is -1.10. The Kier molecular flexibility index (Phi) is 3.71. The summed E-state index contributed by atoms with van der Waals surface area (Å²) in [4.78, 5) is 5.98. The van der Waals surface area contributed by atoms with E-state index in [9.17, 15) is 0 Å². The maximum atomic E-state index is 6.11. The van der Waals surface area contributed by atoms with E-state index >= 15 is 0 Å². The van der Waals surface area contributed by atoms with Crippen LogP contribution in [0.4, 0.5) is 0 Å². The van der Waals surface area contributed by atoms with E-state index in [1.165, 1.54) is 9.75 Å². The predicted molar refractivity (Wildman–Crippen MR) is 89.6 cm³/mol. The highest BCUT2D eigenvalue weighted by Gasteiger charge is 2.13. The molecular formula is C15H15ClN2S2. The third-order valence-corrected chi connectivity index (χ3v) is 4.97. The zero-order valence-electron chi connectivity index (χ0n) is 11.3. The number of thiophene rings is 1. The Labute approximate surface area is 132 Å². The summed E-state index contributed by atoms with van der Waals surface area (Å²) in [6.07, 6.45) is 0.978. The Morgan fingerprint density at radius 3 is 2.85 bits per heavy atom. The minimum atomic E-state index is 0.299. The molecule has 0 spiro atoms. The number of imidazole rings is 1. The summed E-state index contributed by atoms with van der Waals surface area (Å²) in [7, 11) is 0. The minimum absolute atomic E-state index is 0.299. The van der Waals surface area contributed by atoms with Crippen molar-refractivity contribution < 1.29 is 0 Å². The first kappa shape index (κ1) is 13.9. The quantitative estimate of drug-likeness (QED) is 0.629. The average Bonchev–Trinajstić information content (AvgIpc) is 2.91. The SMILES string of the molecule is Cc1ccc(CC(C)n2c(=S)[nH]c3ccc(Cl)cc32)s1. The molecule has 2 heterocycles. The molecule has 0 radical (unpaired) electrons. The lowest BCUT2D eigenvalue weighted by molar-refractivity contribution is 0.557. The highest BCUT2D eigenvalue weighted by atomic mass is 35.5. The Bertz CT molecular complexity index is 813. The zero-order valence-corrected chi connectivity index (χ0v) is 13.7. The van der Waals surface area contributed by atoms with Crippen molar-refractivity contribution in [3.8, 4) is 0 Å². The molecule has 1 unspecified atom stereocenters. The van der Waals surface area contributed by atoms with E-state index in [0.29, 0.717) is 6.04 Å². The van der Waals surface area contributed by atoms with Gasteiger partial charge in [0.15, 0.2) is 4.77 Å². The molecule has 5 heteroatoms. The van der Waals surface area contributed by atoms with Crippen LogP contribution in [0.15, 0.2) is 30.3 Å². The average molecular weight is 323 g/mol. The van der Waals surface area contributed by atoms with Gasteiger partial charge in [0.2, 0.25) is 0 Å². The molecule has 20 heavy (non-hydrogen) atoms. The molecule has 0 fully saturated rings. The number of nitrogens with zero attached hydrogens (tertiary/aromatic N) is 1. The van der Waals surface area contributed by atoms with Gasteiger partial charge in [-0.1, -0.05) is 11.6 Å². The van der Waals surface area contributed by atoms with Crippen LogP contribution in [0.1, 0.15) is 22.7 Å². The van der Waals surface area contributed by atoms with Gasteiger partial charge in [-0.2, -0.15) is 0 Å². The second-order valence-electron chi connectivity index (χ2n) is 5.03. The molecule has 0 aliphatic carbocycles. The zero-order chi connectivity index (χ0) is 14.3. The molecular weight excluding hydrogens is 308 g/mol. The number of aryl methyl sites for hydroxylation is 1. The number of rotatable bonds is 3. The van der Waals surface area contributed by atoms with Gasteiger partial charge in [0.05, 0.1) is 11.0 Å². The van der Waals surface area contributed by atoms with Gasteiger partial charge in [-0.3, -0.25) is 0 Å². The van der Waals surface area contributed by atoms with Crippen LogP contribution in [-0.4, -0.2) is 9.55 Å². The molecule has 2 nitrogen and oxygen atoms in total. The maximum Gasteiger partial charge on any atom is 0.178 e. The van der Waals surface area contributed by atoms with Crippen molar-refractivity contribution in [1.29, 1.82) is 0 Å². The van der Waals surface area contributed by atoms with E-state index < -0.39 is 0 Å². The number of nitrogens with one attached hydrogen (secondary N) is 1. The summed E-state index contributed by atoms with van der Waals surface area (Å²) in [6.45, 7) is 4.33. The Morgan fingerprint density at radius 1 is 1.35 bits per heavy atom. The lowest BCUT2D eigenvalue weighted by Gasteiger charge is -2.13. The van der Waals surface area contributed by atoms with E-state index in [-0.39, 0.29) is 0 Å². The summed E-state index contributed by atoms with van der Waals surface area (Å²) < 4.78 is 2.91. The van der Waals surface area contributed by atoms with Crippen molar-refractivity contribution in [3.63, 3.8) is 0 Å². The van der Waals surface area contributed by atoms with E-state index in [4.69, 9.17) is 23.8 Å². The van der Waals surface area contributed by atoms with E-state index in [1.54, 1.807) is 0 Å². The number of fused-ring (bicyclic) bond motifs is 1. The molecule has 0 aliphatic rings. The number of hydrogen-bond donors (Lipinski definition) is 1. The first-order chi connectivity index (χ1) is 9.54. The lowest BCUT2D eigenvalue weighted by Crippen LogP contribution is -2.07. The van der Waals surface area contributed by atoms with Crippen LogP contribution < -0.4 is 0 Å². The van der Waals surface area contributed by atoms with Crippen LogP contribution >= 0.6 is 35.2 Å². The summed E-state index contributed by atoms with van der Waals surface area (Å²) >= 11 is 13.4. The molecule has 0 amide bonds. The van der Waals surface area contributed by atoms with Crippen molar-refractivity contribution in [2.45, 2.75) is 26.3 Å². The molecule has 0 bridgehead atoms. The van der Waals surface area contributed by atoms with Crippen molar-refractivity contribution in [2.75, 3.05) is 0 Å². The summed E-state index contributed by atoms with van der Waals surface area (Å²) in [5.41, 5.74) is 2.11. The first-order valence-electron chi connectivity index (χ1n) is 6.49. The van der Waals surface area contributed by atoms with Gasteiger partial charge in [0.1, 0.15) is 0 Å². The fourth-order valence-corrected chi connectivity index (χ4v) is 4.07. The second kappa shape index (κ2) is 5.35. The number of aromatic nitrogens is 2. The van der Waals surface area contributed by atoms with Gasteiger partial charge in [-0.25, -0.2) is 0 Å². The van der Waals surface area contributed by atoms with Gasteiger partial charge in [-0.15, -0.1) is 11.3 Å². The van der Waals surface area contributed by atoms with Gasteiger partial charge >= 0.3 is 0 Å². The largest absolute Gasteiger partial charge is 0.331 e. The summed E-state index contributed by atoms with van der Waals surface area (Å²) in [6, 6.07) is 10.5. The Morgan fingerprint density at radius 2 is 2.15 bits per heavy atom. The first-order valence-corrected chi connectivity index (χ1v) is 8.10. The highest BCUT2D eigenvalue weighted by molar-refractivity contribution is 7.71. The van der Waals surface area contributed by atoms with Crippen LogP contribution in [0, 0.1) is 11.7 Å². The molecule has 1 N–H and O–H groups in total. The number of halogens is 1. The normalized spacial score (nSPS) is 12.9. The molecule has 3 aromatic rings. The van der Waals surface area contributed by atoms with E-state index in [0.717, 1.165) is 27.2 Å². The van der Waals surface area contributed by atoms with Crippen LogP contribution in [0.25, 0.3) is 11.0 Å². The highest BCUT2D eigenvalue weighted by Crippen LogP contribution is 2.26. The van der Waals surface area contributed by atoms with Crippen LogP contribution in [0.3, 0.4) is 0 Å². The molecule has 1 atom stereocenters. The lowest BCUT2D eigenvalue weighted by atomic mass is 10.2. The van der Waals surface area contributed by atoms with Crippen molar-refractivity contribution in [1.82, 2.24) is 9.55 Å². The van der Waals surface area contributed by atoms with Gasteiger partial charge in [-0.05, 0) is 56.4 Å². The third-order valence-electron chi connectivity index (χ3n) is 3.41. The van der Waals surface area contributed by atoms with Crippen LogP contribution in [0.5, 0.6) is 0 Å². The smallest absolute Gasteiger partial charge is 0.178 e. The maximum absolute atomic E-state index is 6.11. The van der Waals surface area contributed by atoms with Gasteiger partial charge in [0, 0.05) is 27.2 Å². The minimum Gasteiger partial charge on any atom is -0.331 e. The standard InChI is InChI=1S/C15H15ClN2S2/c1-9(7-12-5-3-10(2)20-12)18-14-8-11(16)4-6-13(14)17-15(18)19/h3-6,8-9H,7H2,1-2H3,(H,17,19). The monoisotopic (exact) mass is 322 g/mol. The number of hydrogen-bond acceptors (Lipinski definition) is 2. The van der Waals surface area contributed by atoms with Crippen molar-refractivity contribution in [3.05, 3.63) is 49.9 Å². The topological polar surface area (TPSA) is 20.7 Å². The molecule has 0 aliphatic heterocycles.